The molecule has 4 rings (SSSR count). The summed E-state index contributed by atoms with van der Waals surface area (Å²) in [4.78, 5) is 18.4. The maximum absolute atomic E-state index is 12.7. The van der Waals surface area contributed by atoms with Gasteiger partial charge in [0, 0.05) is 22.8 Å². The van der Waals surface area contributed by atoms with Crippen LogP contribution in [-0.2, 0) is 0 Å². The van der Waals surface area contributed by atoms with E-state index in [1.165, 1.54) is 11.3 Å². The highest BCUT2D eigenvalue weighted by molar-refractivity contribution is 7.20. The van der Waals surface area contributed by atoms with E-state index in [1.54, 1.807) is 12.4 Å². The van der Waals surface area contributed by atoms with E-state index in [0.717, 1.165) is 27.2 Å². The SMILES string of the molecule is Cc1nn(-c2ccc(Cl)cc2)c2sc(C(=O)NC(C)c3ccncc3)cc12. The molecule has 3 heterocycles. The van der Waals surface area contributed by atoms with Crippen LogP contribution in [-0.4, -0.2) is 20.7 Å². The number of pyridine rings is 1. The van der Waals surface area contributed by atoms with Crippen molar-refractivity contribution in [1.82, 2.24) is 20.1 Å². The third-order valence-electron chi connectivity index (χ3n) is 4.39. The van der Waals surface area contributed by atoms with Crippen LogP contribution in [0.5, 0.6) is 0 Å². The maximum atomic E-state index is 12.7. The quantitative estimate of drug-likeness (QED) is 0.531. The number of nitrogens with one attached hydrogen (secondary N) is 1. The lowest BCUT2D eigenvalue weighted by atomic mass is 10.1. The van der Waals surface area contributed by atoms with Crippen LogP contribution in [0, 0.1) is 6.92 Å². The molecule has 27 heavy (non-hydrogen) atoms. The highest BCUT2D eigenvalue weighted by Gasteiger charge is 2.18. The predicted molar refractivity (Wildman–Crippen MR) is 109 cm³/mol. The molecular weight excluding hydrogens is 380 g/mol. The molecule has 0 aliphatic rings. The number of nitrogens with zero attached hydrogens (tertiary/aromatic N) is 3. The van der Waals surface area contributed by atoms with Crippen LogP contribution >= 0.6 is 22.9 Å². The van der Waals surface area contributed by atoms with Crippen LogP contribution < -0.4 is 5.32 Å². The molecule has 0 spiro atoms. The van der Waals surface area contributed by atoms with Gasteiger partial charge in [-0.25, -0.2) is 4.68 Å². The second-order valence-corrected chi connectivity index (χ2v) is 7.75. The number of amides is 1. The van der Waals surface area contributed by atoms with Gasteiger partial charge in [0.05, 0.1) is 22.3 Å². The molecule has 5 nitrogen and oxygen atoms in total. The fourth-order valence-corrected chi connectivity index (χ4v) is 4.13. The Balaban J connectivity index is 1.64. The lowest BCUT2D eigenvalue weighted by molar-refractivity contribution is 0.0944. The summed E-state index contributed by atoms with van der Waals surface area (Å²) in [7, 11) is 0. The summed E-state index contributed by atoms with van der Waals surface area (Å²) >= 11 is 7.42. The first kappa shape index (κ1) is 17.7. The number of rotatable bonds is 4. The average molecular weight is 397 g/mol. The van der Waals surface area contributed by atoms with Crippen LogP contribution in [0.25, 0.3) is 15.9 Å². The summed E-state index contributed by atoms with van der Waals surface area (Å²) in [6, 6.07) is 13.1. The fraction of sp³-hybridized carbons (Fsp3) is 0.150. The zero-order valence-electron chi connectivity index (χ0n) is 14.8. The van der Waals surface area contributed by atoms with Crippen LogP contribution in [0.15, 0.2) is 54.9 Å². The van der Waals surface area contributed by atoms with Gasteiger partial charge >= 0.3 is 0 Å². The van der Waals surface area contributed by atoms with Gasteiger partial charge in [-0.3, -0.25) is 9.78 Å². The van der Waals surface area contributed by atoms with Crippen molar-refractivity contribution in [3.8, 4) is 5.69 Å². The molecule has 0 aliphatic heterocycles. The number of carbonyl (C=O) groups is 1. The van der Waals surface area contributed by atoms with Crippen molar-refractivity contribution in [3.63, 3.8) is 0 Å². The van der Waals surface area contributed by atoms with E-state index in [1.807, 2.05) is 61.0 Å². The summed E-state index contributed by atoms with van der Waals surface area (Å²) < 4.78 is 1.86. The molecular formula is C20H17ClN4OS. The van der Waals surface area contributed by atoms with Gasteiger partial charge in [-0.2, -0.15) is 5.10 Å². The number of thiophene rings is 1. The van der Waals surface area contributed by atoms with Crippen LogP contribution in [0.3, 0.4) is 0 Å². The molecule has 1 atom stereocenters. The van der Waals surface area contributed by atoms with Gasteiger partial charge < -0.3 is 5.32 Å². The first-order chi connectivity index (χ1) is 13.0. The van der Waals surface area contributed by atoms with Crippen molar-refractivity contribution < 1.29 is 4.79 Å². The summed E-state index contributed by atoms with van der Waals surface area (Å²) in [5.41, 5.74) is 2.82. The minimum atomic E-state index is -0.0976. The van der Waals surface area contributed by atoms with Gasteiger partial charge in [0.25, 0.3) is 5.91 Å². The molecule has 0 fully saturated rings. The molecule has 0 saturated heterocycles. The molecule has 0 radical (unpaired) electrons. The van der Waals surface area contributed by atoms with Gasteiger partial charge in [-0.15, -0.1) is 11.3 Å². The smallest absolute Gasteiger partial charge is 0.261 e. The monoisotopic (exact) mass is 396 g/mol. The standard InChI is InChI=1S/C20H17ClN4OS/c1-12(14-7-9-22-10-8-14)23-19(26)18-11-17-13(2)24-25(20(17)27-18)16-5-3-15(21)4-6-16/h3-12H,1-2H3,(H,23,26). The normalized spacial score (nSPS) is 12.3. The molecule has 1 amide bonds. The topological polar surface area (TPSA) is 59.8 Å². The Kier molecular flexibility index (Phi) is 4.68. The number of aromatic nitrogens is 3. The van der Waals surface area contributed by atoms with Crippen molar-refractivity contribution in [2.45, 2.75) is 19.9 Å². The Bertz CT molecular complexity index is 1100. The van der Waals surface area contributed by atoms with Crippen molar-refractivity contribution in [2.24, 2.45) is 0 Å². The highest BCUT2D eigenvalue weighted by Crippen LogP contribution is 2.31. The van der Waals surface area contributed by atoms with Gasteiger partial charge in [-0.05, 0) is 61.9 Å². The number of benzene rings is 1. The number of aryl methyl sites for hydroxylation is 1. The van der Waals surface area contributed by atoms with E-state index >= 15 is 0 Å². The zero-order chi connectivity index (χ0) is 19.0. The van der Waals surface area contributed by atoms with Crippen LogP contribution in [0.4, 0.5) is 0 Å². The summed E-state index contributed by atoms with van der Waals surface area (Å²) in [5.74, 6) is -0.0948. The molecule has 0 bridgehead atoms. The minimum Gasteiger partial charge on any atom is -0.345 e. The first-order valence-corrected chi connectivity index (χ1v) is 9.68. The van der Waals surface area contributed by atoms with Crippen LogP contribution in [0.2, 0.25) is 5.02 Å². The number of carbonyl (C=O) groups excluding carboxylic acids is 1. The third kappa shape index (κ3) is 3.46. The number of hydrogen-bond acceptors (Lipinski definition) is 4. The molecule has 7 heteroatoms. The summed E-state index contributed by atoms with van der Waals surface area (Å²) in [6.07, 6.45) is 3.45. The van der Waals surface area contributed by atoms with E-state index < -0.39 is 0 Å². The first-order valence-electron chi connectivity index (χ1n) is 8.49. The largest absolute Gasteiger partial charge is 0.345 e. The number of hydrogen-bond donors (Lipinski definition) is 1. The van der Waals surface area contributed by atoms with E-state index in [-0.39, 0.29) is 11.9 Å². The Morgan fingerprint density at radius 3 is 2.59 bits per heavy atom. The van der Waals surface area contributed by atoms with Crippen molar-refractivity contribution in [1.29, 1.82) is 0 Å². The van der Waals surface area contributed by atoms with Gasteiger partial charge in [0.1, 0.15) is 4.83 Å². The van der Waals surface area contributed by atoms with Crippen molar-refractivity contribution in [2.75, 3.05) is 0 Å². The van der Waals surface area contributed by atoms with Gasteiger partial charge in [0.15, 0.2) is 0 Å². The maximum Gasteiger partial charge on any atom is 0.261 e. The van der Waals surface area contributed by atoms with Gasteiger partial charge in [0.2, 0.25) is 0 Å². The molecule has 4 aromatic rings. The summed E-state index contributed by atoms with van der Waals surface area (Å²) in [6.45, 7) is 3.91. The van der Waals surface area contributed by atoms with E-state index in [2.05, 4.69) is 15.4 Å². The molecule has 136 valence electrons. The van der Waals surface area contributed by atoms with Crippen molar-refractivity contribution >= 4 is 39.1 Å². The summed E-state index contributed by atoms with van der Waals surface area (Å²) in [5, 5.41) is 9.31. The number of fused-ring (bicyclic) bond motifs is 1. The Labute approximate surface area is 165 Å². The van der Waals surface area contributed by atoms with Crippen molar-refractivity contribution in [3.05, 3.63) is 76.0 Å². The van der Waals surface area contributed by atoms with E-state index in [0.29, 0.717) is 9.90 Å². The van der Waals surface area contributed by atoms with E-state index in [4.69, 9.17) is 11.6 Å². The zero-order valence-corrected chi connectivity index (χ0v) is 16.4. The lowest BCUT2D eigenvalue weighted by Crippen LogP contribution is -2.25. The Morgan fingerprint density at radius 1 is 1.19 bits per heavy atom. The average Bonchev–Trinajstić information content (AvgIpc) is 3.24. The molecule has 0 aliphatic carbocycles. The van der Waals surface area contributed by atoms with E-state index in [9.17, 15) is 4.79 Å². The molecule has 3 aromatic heterocycles. The second-order valence-electron chi connectivity index (χ2n) is 6.28. The fourth-order valence-electron chi connectivity index (χ4n) is 2.92. The number of halogens is 1. The third-order valence-corrected chi connectivity index (χ3v) is 5.75. The Morgan fingerprint density at radius 2 is 1.89 bits per heavy atom. The molecule has 0 saturated carbocycles. The molecule has 1 unspecified atom stereocenters. The van der Waals surface area contributed by atoms with Gasteiger partial charge in [-0.1, -0.05) is 11.6 Å². The molecule has 1 aromatic carbocycles. The predicted octanol–water partition coefficient (Wildman–Crippen LogP) is 4.93. The Hall–Kier alpha value is -2.70. The second kappa shape index (κ2) is 7.13. The van der Waals surface area contributed by atoms with Crippen LogP contribution in [0.1, 0.15) is 33.9 Å². The lowest BCUT2D eigenvalue weighted by Gasteiger charge is -2.13. The highest BCUT2D eigenvalue weighted by atomic mass is 35.5. The molecule has 1 N–H and O–H groups in total. The minimum absolute atomic E-state index is 0.0948.